The van der Waals surface area contributed by atoms with Crippen LogP contribution in [0.2, 0.25) is 0 Å². The zero-order chi connectivity index (χ0) is 28.3. The van der Waals surface area contributed by atoms with Crippen molar-refractivity contribution in [3.63, 3.8) is 0 Å². The van der Waals surface area contributed by atoms with Gasteiger partial charge in [-0.3, -0.25) is 18.6 Å². The van der Waals surface area contributed by atoms with Crippen molar-refractivity contribution in [1.29, 1.82) is 0 Å². The summed E-state index contributed by atoms with van der Waals surface area (Å²) in [5, 5.41) is 5.58. The summed E-state index contributed by atoms with van der Waals surface area (Å²) >= 11 is 0. The maximum absolute atomic E-state index is 11.9. The van der Waals surface area contributed by atoms with E-state index in [0.29, 0.717) is 85.2 Å². The van der Waals surface area contributed by atoms with Crippen molar-refractivity contribution in [2.75, 3.05) is 100 Å². The molecule has 3 N–H and O–H groups in total. The molecule has 226 valence electrons. The first-order valence-electron chi connectivity index (χ1n) is 12.7. The summed E-state index contributed by atoms with van der Waals surface area (Å²) in [7, 11) is 0.327. The van der Waals surface area contributed by atoms with E-state index in [-0.39, 0.29) is 44.0 Å². The first kappa shape index (κ1) is 36.8. The average Bonchev–Trinajstić information content (AvgIpc) is 2.89. The number of carbonyl (C=O) groups is 2. The minimum Gasteiger partial charge on any atom is -0.382 e. The quantitative estimate of drug-likeness (QED) is 0.0883. The van der Waals surface area contributed by atoms with Crippen LogP contribution in [-0.2, 0) is 51.6 Å². The Morgan fingerprint density at radius 1 is 0.711 bits per heavy atom. The summed E-state index contributed by atoms with van der Waals surface area (Å²) in [6, 6.07) is 0. The van der Waals surface area contributed by atoms with Gasteiger partial charge in [0.2, 0.25) is 11.8 Å². The molecule has 0 aromatic rings. The van der Waals surface area contributed by atoms with Crippen LogP contribution < -0.4 is 10.6 Å². The summed E-state index contributed by atoms with van der Waals surface area (Å²) in [5.41, 5.74) is 0. The SMILES string of the molecule is COCCOCC(COCCCNC(=O)CCCC(=O)NCCCOCCOP(=O)(O)OC)OCCOC. The lowest BCUT2D eigenvalue weighted by Crippen LogP contribution is -2.29. The zero-order valence-corrected chi connectivity index (χ0v) is 23.9. The van der Waals surface area contributed by atoms with Gasteiger partial charge in [0, 0.05) is 60.5 Å². The second-order valence-electron chi connectivity index (χ2n) is 7.99. The van der Waals surface area contributed by atoms with E-state index in [1.165, 1.54) is 0 Å². The van der Waals surface area contributed by atoms with E-state index >= 15 is 0 Å². The molecule has 2 atom stereocenters. The van der Waals surface area contributed by atoms with E-state index in [1.807, 2.05) is 0 Å². The lowest BCUT2D eigenvalue weighted by molar-refractivity contribution is -0.122. The Hall–Kier alpha value is -1.19. The molecule has 0 saturated heterocycles. The fraction of sp³-hybridized carbons (Fsp3) is 0.913. The Bertz CT molecular complexity index is 629. The normalized spacial score (nSPS) is 13.7. The van der Waals surface area contributed by atoms with Crippen LogP contribution in [0.4, 0.5) is 0 Å². The molecular formula is C23H47N2O12P. The Morgan fingerprint density at radius 3 is 1.82 bits per heavy atom. The van der Waals surface area contributed by atoms with Gasteiger partial charge in [0.1, 0.15) is 6.10 Å². The number of hydrogen-bond acceptors (Lipinski definition) is 11. The zero-order valence-electron chi connectivity index (χ0n) is 23.0. The third-order valence-corrected chi connectivity index (χ3v) is 5.75. The molecule has 0 aliphatic rings. The van der Waals surface area contributed by atoms with Crippen molar-refractivity contribution in [3.8, 4) is 0 Å². The van der Waals surface area contributed by atoms with Gasteiger partial charge in [-0.1, -0.05) is 0 Å². The van der Waals surface area contributed by atoms with Gasteiger partial charge >= 0.3 is 7.82 Å². The standard InChI is InChI=1S/C23H47N2O12P/c1-30-13-15-35-20-21(36-17-14-31-2)19-34-12-6-10-25-23(27)8-4-7-22(26)24-9-5-11-33-16-18-37-38(28,29)32-3/h21H,4-20H2,1-3H3,(H,24,26)(H,25,27)(H,28,29). The number of rotatable bonds is 28. The fourth-order valence-corrected chi connectivity index (χ4v) is 3.18. The fourth-order valence-electron chi connectivity index (χ4n) is 2.77. The number of carbonyl (C=O) groups excluding carboxylic acids is 2. The van der Waals surface area contributed by atoms with Crippen LogP contribution in [0, 0.1) is 0 Å². The average molecular weight is 575 g/mol. The summed E-state index contributed by atoms with van der Waals surface area (Å²) < 4.78 is 52.0. The molecule has 0 aliphatic heterocycles. The molecule has 2 amide bonds. The van der Waals surface area contributed by atoms with Crippen LogP contribution in [0.5, 0.6) is 0 Å². The van der Waals surface area contributed by atoms with Crippen molar-refractivity contribution in [2.24, 2.45) is 0 Å². The molecule has 38 heavy (non-hydrogen) atoms. The number of phosphoric acid groups is 1. The summed E-state index contributed by atoms with van der Waals surface area (Å²) in [5.74, 6) is -0.244. The third-order valence-electron chi connectivity index (χ3n) is 4.78. The lowest BCUT2D eigenvalue weighted by atomic mass is 10.2. The minimum absolute atomic E-state index is 0.0705. The monoisotopic (exact) mass is 574 g/mol. The minimum atomic E-state index is -3.98. The van der Waals surface area contributed by atoms with E-state index in [4.69, 9.17) is 33.3 Å². The molecular weight excluding hydrogens is 527 g/mol. The third kappa shape index (κ3) is 25.1. The van der Waals surface area contributed by atoms with E-state index in [1.54, 1.807) is 14.2 Å². The van der Waals surface area contributed by atoms with E-state index in [9.17, 15) is 14.2 Å². The van der Waals surface area contributed by atoms with Gasteiger partial charge in [-0.05, 0) is 19.3 Å². The number of nitrogens with one attached hydrogen (secondary N) is 2. The Balaban J connectivity index is 3.67. The molecule has 0 aromatic carbocycles. The molecule has 0 spiro atoms. The highest BCUT2D eigenvalue weighted by Gasteiger charge is 2.17. The molecule has 2 unspecified atom stereocenters. The Labute approximate surface area is 225 Å². The highest BCUT2D eigenvalue weighted by Crippen LogP contribution is 2.41. The van der Waals surface area contributed by atoms with E-state index < -0.39 is 7.82 Å². The number of phosphoric ester groups is 1. The van der Waals surface area contributed by atoms with E-state index in [2.05, 4.69) is 19.7 Å². The van der Waals surface area contributed by atoms with Crippen LogP contribution in [-0.4, -0.2) is 123 Å². The van der Waals surface area contributed by atoms with Crippen molar-refractivity contribution in [2.45, 2.75) is 38.2 Å². The van der Waals surface area contributed by atoms with Crippen molar-refractivity contribution < 1.29 is 56.5 Å². The summed E-state index contributed by atoms with van der Waals surface area (Å²) in [4.78, 5) is 32.8. The number of ether oxygens (including phenoxy) is 6. The lowest BCUT2D eigenvalue weighted by Gasteiger charge is -2.18. The van der Waals surface area contributed by atoms with Gasteiger partial charge in [0.25, 0.3) is 0 Å². The van der Waals surface area contributed by atoms with Gasteiger partial charge in [-0.25, -0.2) is 4.57 Å². The van der Waals surface area contributed by atoms with Gasteiger partial charge in [0.15, 0.2) is 0 Å². The van der Waals surface area contributed by atoms with Crippen molar-refractivity contribution in [1.82, 2.24) is 10.6 Å². The topological polar surface area (TPSA) is 169 Å². The molecule has 15 heteroatoms. The summed E-state index contributed by atoms with van der Waals surface area (Å²) in [6.07, 6.45) is 2.00. The Morgan fingerprint density at radius 2 is 1.24 bits per heavy atom. The first-order chi connectivity index (χ1) is 18.3. The molecule has 0 rings (SSSR count). The van der Waals surface area contributed by atoms with Gasteiger partial charge in [-0.2, -0.15) is 0 Å². The van der Waals surface area contributed by atoms with Crippen molar-refractivity contribution >= 4 is 19.6 Å². The second-order valence-corrected chi connectivity index (χ2v) is 9.55. The number of amides is 2. The van der Waals surface area contributed by atoms with Crippen LogP contribution in [0.25, 0.3) is 0 Å². The molecule has 0 bridgehead atoms. The maximum Gasteiger partial charge on any atom is 0.471 e. The maximum atomic E-state index is 11.9. The van der Waals surface area contributed by atoms with Gasteiger partial charge in [0.05, 0.1) is 52.9 Å². The molecule has 0 heterocycles. The molecule has 0 fully saturated rings. The van der Waals surface area contributed by atoms with Crippen LogP contribution in [0.1, 0.15) is 32.1 Å². The predicted molar refractivity (Wildman–Crippen MR) is 138 cm³/mol. The largest absolute Gasteiger partial charge is 0.471 e. The first-order valence-corrected chi connectivity index (χ1v) is 14.2. The van der Waals surface area contributed by atoms with Crippen LogP contribution >= 0.6 is 7.82 Å². The van der Waals surface area contributed by atoms with Crippen molar-refractivity contribution in [3.05, 3.63) is 0 Å². The van der Waals surface area contributed by atoms with Gasteiger partial charge < -0.3 is 43.9 Å². The number of methoxy groups -OCH3 is 2. The van der Waals surface area contributed by atoms with Gasteiger partial charge in [-0.15, -0.1) is 0 Å². The van der Waals surface area contributed by atoms with E-state index in [0.717, 1.165) is 7.11 Å². The predicted octanol–water partition coefficient (Wildman–Crippen LogP) is 0.661. The molecule has 14 nitrogen and oxygen atoms in total. The van der Waals surface area contributed by atoms with Crippen LogP contribution in [0.3, 0.4) is 0 Å². The molecule has 0 saturated carbocycles. The Kier molecular flexibility index (Phi) is 25.2. The summed E-state index contributed by atoms with van der Waals surface area (Å²) in [6.45, 7) is 4.51. The second kappa shape index (κ2) is 26.1. The molecule has 0 aliphatic carbocycles. The highest BCUT2D eigenvalue weighted by molar-refractivity contribution is 7.47. The highest BCUT2D eigenvalue weighted by atomic mass is 31.2. The van der Waals surface area contributed by atoms with Crippen LogP contribution in [0.15, 0.2) is 0 Å². The number of hydrogen-bond donors (Lipinski definition) is 3. The molecule has 0 radical (unpaired) electrons. The smallest absolute Gasteiger partial charge is 0.382 e. The molecule has 0 aromatic heterocycles.